The highest BCUT2D eigenvalue weighted by atomic mass is 35.5. The highest BCUT2D eigenvalue weighted by molar-refractivity contribution is 5.85. The molecule has 90 valence electrons. The molecule has 0 amide bonds. The van der Waals surface area contributed by atoms with Crippen molar-refractivity contribution in [3.63, 3.8) is 0 Å². The quantitative estimate of drug-likeness (QED) is 0.853. The molecule has 2 heteroatoms. The second kappa shape index (κ2) is 6.93. The van der Waals surface area contributed by atoms with Gasteiger partial charge in [0.2, 0.25) is 0 Å². The van der Waals surface area contributed by atoms with Crippen LogP contribution in [0.15, 0.2) is 24.3 Å². The van der Waals surface area contributed by atoms with Crippen molar-refractivity contribution in [2.45, 2.75) is 32.6 Å². The zero-order valence-electron chi connectivity index (χ0n) is 10.0. The monoisotopic (exact) mass is 239 g/mol. The molecule has 1 aromatic carbocycles. The summed E-state index contributed by atoms with van der Waals surface area (Å²) in [6.07, 6.45) is 5.36. The number of piperidine rings is 1. The van der Waals surface area contributed by atoms with Crippen LogP contribution in [0.2, 0.25) is 0 Å². The van der Waals surface area contributed by atoms with Gasteiger partial charge in [0.15, 0.2) is 0 Å². The maximum Gasteiger partial charge on any atom is -0.00463 e. The van der Waals surface area contributed by atoms with Crippen LogP contribution in [0.1, 0.15) is 30.4 Å². The lowest BCUT2D eigenvalue weighted by atomic mass is 9.90. The molecule has 1 fully saturated rings. The van der Waals surface area contributed by atoms with Gasteiger partial charge in [0.1, 0.15) is 0 Å². The minimum absolute atomic E-state index is 0. The molecule has 1 aliphatic rings. The Bertz CT molecular complexity index is 305. The fraction of sp³-hybridized carbons (Fsp3) is 0.571. The third-order valence-corrected chi connectivity index (χ3v) is 3.54. The van der Waals surface area contributed by atoms with E-state index in [4.69, 9.17) is 0 Å². The summed E-state index contributed by atoms with van der Waals surface area (Å²) in [5.41, 5.74) is 2.99. The van der Waals surface area contributed by atoms with Gasteiger partial charge in [0.05, 0.1) is 0 Å². The summed E-state index contributed by atoms with van der Waals surface area (Å²) < 4.78 is 0. The molecule has 1 saturated heterocycles. The van der Waals surface area contributed by atoms with Gasteiger partial charge in [-0.2, -0.15) is 0 Å². The van der Waals surface area contributed by atoms with Crippen molar-refractivity contribution in [3.8, 4) is 0 Å². The van der Waals surface area contributed by atoms with Gasteiger partial charge < -0.3 is 5.32 Å². The van der Waals surface area contributed by atoms with Crippen molar-refractivity contribution >= 4 is 12.4 Å². The first-order valence-corrected chi connectivity index (χ1v) is 6.11. The number of nitrogens with one attached hydrogen (secondary N) is 1. The van der Waals surface area contributed by atoms with Crippen LogP contribution in [0.25, 0.3) is 0 Å². The fourth-order valence-electron chi connectivity index (χ4n) is 2.42. The van der Waals surface area contributed by atoms with Crippen LogP contribution in [0.5, 0.6) is 0 Å². The average molecular weight is 240 g/mol. The lowest BCUT2D eigenvalue weighted by molar-refractivity contribution is 0.354. The number of benzene rings is 1. The van der Waals surface area contributed by atoms with Crippen LogP contribution >= 0.6 is 12.4 Å². The van der Waals surface area contributed by atoms with Gasteiger partial charge >= 0.3 is 0 Å². The first-order chi connectivity index (χ1) is 7.36. The predicted molar refractivity (Wildman–Crippen MR) is 72.3 cm³/mol. The maximum atomic E-state index is 3.42. The summed E-state index contributed by atoms with van der Waals surface area (Å²) in [6, 6.07) is 8.78. The van der Waals surface area contributed by atoms with Crippen molar-refractivity contribution in [2.24, 2.45) is 5.92 Å². The van der Waals surface area contributed by atoms with Crippen molar-refractivity contribution in [3.05, 3.63) is 35.4 Å². The highest BCUT2D eigenvalue weighted by Crippen LogP contribution is 2.19. The number of halogens is 1. The van der Waals surface area contributed by atoms with Crippen LogP contribution in [0, 0.1) is 12.8 Å². The van der Waals surface area contributed by atoms with E-state index in [0.29, 0.717) is 0 Å². The molecule has 0 unspecified atom stereocenters. The average Bonchev–Trinajstić information content (AvgIpc) is 2.29. The second-order valence-electron chi connectivity index (χ2n) is 4.66. The molecule has 2 rings (SSSR count). The molecule has 0 aliphatic carbocycles. The van der Waals surface area contributed by atoms with Gasteiger partial charge in [-0.1, -0.05) is 24.3 Å². The van der Waals surface area contributed by atoms with E-state index in [9.17, 15) is 0 Å². The highest BCUT2D eigenvalue weighted by Gasteiger charge is 2.12. The molecule has 0 spiro atoms. The molecule has 1 N–H and O–H groups in total. The second-order valence-corrected chi connectivity index (χ2v) is 4.66. The largest absolute Gasteiger partial charge is 0.317 e. The van der Waals surface area contributed by atoms with Crippen LogP contribution < -0.4 is 5.32 Å². The Hall–Kier alpha value is -0.530. The lowest BCUT2D eigenvalue weighted by Crippen LogP contribution is -2.27. The normalized spacial score (nSPS) is 16.8. The van der Waals surface area contributed by atoms with E-state index in [-0.39, 0.29) is 12.4 Å². The van der Waals surface area contributed by atoms with E-state index in [1.165, 1.54) is 49.9 Å². The Labute approximate surface area is 105 Å². The molecule has 0 radical (unpaired) electrons. The molecule has 0 atom stereocenters. The van der Waals surface area contributed by atoms with Crippen molar-refractivity contribution in [2.75, 3.05) is 13.1 Å². The SMILES string of the molecule is Cc1ccccc1CCC1CCNCC1.Cl. The van der Waals surface area contributed by atoms with Crippen molar-refractivity contribution in [1.82, 2.24) is 5.32 Å². The van der Waals surface area contributed by atoms with Gasteiger partial charge in [0.25, 0.3) is 0 Å². The number of rotatable bonds is 3. The van der Waals surface area contributed by atoms with Crippen LogP contribution in [0.3, 0.4) is 0 Å². The molecule has 1 aliphatic heterocycles. The zero-order chi connectivity index (χ0) is 10.5. The molecule has 16 heavy (non-hydrogen) atoms. The molecule has 1 aromatic rings. The summed E-state index contributed by atoms with van der Waals surface area (Å²) in [5.74, 6) is 0.950. The van der Waals surface area contributed by atoms with Crippen LogP contribution in [0.4, 0.5) is 0 Å². The smallest absolute Gasteiger partial charge is 0.00463 e. The molecular weight excluding hydrogens is 218 g/mol. The standard InChI is InChI=1S/C14H21N.ClH/c1-12-4-2-3-5-14(12)7-6-13-8-10-15-11-9-13;/h2-5,13,15H,6-11H2,1H3;1H. The minimum Gasteiger partial charge on any atom is -0.317 e. The lowest BCUT2D eigenvalue weighted by Gasteiger charge is -2.22. The summed E-state index contributed by atoms with van der Waals surface area (Å²) in [7, 11) is 0. The number of aryl methyl sites for hydroxylation is 2. The zero-order valence-corrected chi connectivity index (χ0v) is 10.9. The fourth-order valence-corrected chi connectivity index (χ4v) is 2.42. The van der Waals surface area contributed by atoms with Gasteiger partial charge in [-0.05, 0) is 62.7 Å². The summed E-state index contributed by atoms with van der Waals surface area (Å²) in [5, 5.41) is 3.42. The first-order valence-electron chi connectivity index (χ1n) is 6.11. The first kappa shape index (κ1) is 13.5. The Morgan fingerprint density at radius 1 is 1.19 bits per heavy atom. The van der Waals surface area contributed by atoms with Crippen LogP contribution in [-0.4, -0.2) is 13.1 Å². The topological polar surface area (TPSA) is 12.0 Å². The third-order valence-electron chi connectivity index (χ3n) is 3.54. The molecule has 0 aromatic heterocycles. The van der Waals surface area contributed by atoms with Crippen molar-refractivity contribution < 1.29 is 0 Å². The van der Waals surface area contributed by atoms with E-state index in [1.807, 2.05) is 0 Å². The molecule has 0 saturated carbocycles. The summed E-state index contributed by atoms with van der Waals surface area (Å²) in [6.45, 7) is 4.66. The third kappa shape index (κ3) is 3.80. The minimum atomic E-state index is 0. The summed E-state index contributed by atoms with van der Waals surface area (Å²) >= 11 is 0. The molecule has 1 nitrogen and oxygen atoms in total. The Morgan fingerprint density at radius 3 is 2.56 bits per heavy atom. The molecule has 0 bridgehead atoms. The maximum absolute atomic E-state index is 3.42. The number of hydrogen-bond acceptors (Lipinski definition) is 1. The Kier molecular flexibility index (Phi) is 5.86. The van der Waals surface area contributed by atoms with Crippen LogP contribution in [-0.2, 0) is 6.42 Å². The van der Waals surface area contributed by atoms with Gasteiger partial charge in [-0.25, -0.2) is 0 Å². The van der Waals surface area contributed by atoms with Gasteiger partial charge in [-0.3, -0.25) is 0 Å². The Balaban J connectivity index is 0.00000128. The Morgan fingerprint density at radius 2 is 1.88 bits per heavy atom. The van der Waals surface area contributed by atoms with Gasteiger partial charge in [-0.15, -0.1) is 12.4 Å². The van der Waals surface area contributed by atoms with E-state index in [1.54, 1.807) is 0 Å². The van der Waals surface area contributed by atoms with E-state index in [0.717, 1.165) is 5.92 Å². The van der Waals surface area contributed by atoms with Gasteiger partial charge in [0, 0.05) is 0 Å². The number of hydrogen-bond donors (Lipinski definition) is 1. The van der Waals surface area contributed by atoms with Crippen molar-refractivity contribution in [1.29, 1.82) is 0 Å². The van der Waals surface area contributed by atoms with E-state index in [2.05, 4.69) is 36.5 Å². The van der Waals surface area contributed by atoms with E-state index < -0.39 is 0 Å². The molecule has 1 heterocycles. The van der Waals surface area contributed by atoms with E-state index >= 15 is 0 Å². The molecular formula is C14H22ClN. The summed E-state index contributed by atoms with van der Waals surface area (Å²) in [4.78, 5) is 0. The predicted octanol–water partition coefficient (Wildman–Crippen LogP) is 3.35.